The van der Waals surface area contributed by atoms with E-state index in [4.69, 9.17) is 14.9 Å². The Morgan fingerprint density at radius 2 is 1.75 bits per heavy atom. The number of rotatable bonds is 6. The first-order valence-corrected chi connectivity index (χ1v) is 9.87. The fourth-order valence-electron chi connectivity index (χ4n) is 3.57. The third-order valence-electron chi connectivity index (χ3n) is 5.03. The van der Waals surface area contributed by atoms with Gasteiger partial charge >= 0.3 is 0 Å². The van der Waals surface area contributed by atoms with Crippen molar-refractivity contribution in [3.05, 3.63) is 71.9 Å². The maximum absolute atomic E-state index is 5.57. The molecule has 144 valence electrons. The van der Waals surface area contributed by atoms with E-state index in [-0.39, 0.29) is 0 Å². The monoisotopic (exact) mass is 374 g/mol. The lowest BCUT2D eigenvalue weighted by molar-refractivity contribution is 0.240. The zero-order chi connectivity index (χ0) is 19.2. The van der Waals surface area contributed by atoms with Crippen LogP contribution in [0.25, 0.3) is 11.3 Å². The van der Waals surface area contributed by atoms with Crippen molar-refractivity contribution in [1.29, 1.82) is 0 Å². The van der Waals surface area contributed by atoms with Gasteiger partial charge in [0.15, 0.2) is 0 Å². The first-order valence-electron chi connectivity index (χ1n) is 9.87. The number of hydrazone groups is 1. The molecule has 1 aliphatic rings. The Kier molecular flexibility index (Phi) is 5.71. The highest BCUT2D eigenvalue weighted by molar-refractivity contribution is 5.89. The third-order valence-corrected chi connectivity index (χ3v) is 5.03. The van der Waals surface area contributed by atoms with E-state index in [1.807, 2.05) is 41.2 Å². The number of nitrogens with zero attached hydrogens (tertiary/aromatic N) is 4. The van der Waals surface area contributed by atoms with Crippen LogP contribution in [0.3, 0.4) is 0 Å². The summed E-state index contributed by atoms with van der Waals surface area (Å²) < 4.78 is 7.55. The van der Waals surface area contributed by atoms with E-state index in [0.717, 1.165) is 42.2 Å². The lowest BCUT2D eigenvalue weighted by Crippen LogP contribution is -2.24. The summed E-state index contributed by atoms with van der Waals surface area (Å²) in [6, 6.07) is 18.4. The molecule has 0 bridgehead atoms. The van der Waals surface area contributed by atoms with Gasteiger partial charge in [-0.3, -0.25) is 9.69 Å². The smallest absolute Gasteiger partial charge is 0.128 e. The van der Waals surface area contributed by atoms with Gasteiger partial charge in [-0.15, -0.1) is 0 Å². The molecular formula is C23H26N4O. The minimum Gasteiger partial charge on any atom is -0.496 e. The Balaban J connectivity index is 1.68. The number of methoxy groups -OCH3 is 1. The first-order chi connectivity index (χ1) is 13.8. The van der Waals surface area contributed by atoms with Gasteiger partial charge in [-0.05, 0) is 37.0 Å². The van der Waals surface area contributed by atoms with Crippen LogP contribution in [-0.2, 0) is 6.54 Å². The zero-order valence-electron chi connectivity index (χ0n) is 16.3. The number of aromatic nitrogens is 2. The largest absolute Gasteiger partial charge is 0.496 e. The van der Waals surface area contributed by atoms with Crippen LogP contribution in [-0.4, -0.2) is 41.2 Å². The minimum absolute atomic E-state index is 0.723. The Hall–Kier alpha value is -3.08. The molecule has 3 aromatic rings. The van der Waals surface area contributed by atoms with Gasteiger partial charge in [0.1, 0.15) is 11.4 Å². The summed E-state index contributed by atoms with van der Waals surface area (Å²) in [5.74, 6) is 0.820. The van der Waals surface area contributed by atoms with Crippen molar-refractivity contribution in [2.75, 3.05) is 20.2 Å². The van der Waals surface area contributed by atoms with Crippen molar-refractivity contribution in [3.63, 3.8) is 0 Å². The van der Waals surface area contributed by atoms with Crippen LogP contribution in [0.1, 0.15) is 30.4 Å². The van der Waals surface area contributed by atoms with Crippen molar-refractivity contribution < 1.29 is 4.74 Å². The summed E-state index contributed by atoms with van der Waals surface area (Å²) in [6.07, 6.45) is 7.74. The second kappa shape index (κ2) is 8.74. The second-order valence-electron chi connectivity index (χ2n) is 7.08. The fraction of sp³-hybridized carbons (Fsp3) is 0.304. The number of para-hydroxylation sites is 1. The maximum Gasteiger partial charge on any atom is 0.128 e. The Labute approximate surface area is 166 Å². The summed E-state index contributed by atoms with van der Waals surface area (Å²) in [5, 5.41) is 11.8. The molecule has 2 aromatic carbocycles. The van der Waals surface area contributed by atoms with Crippen molar-refractivity contribution >= 4 is 6.21 Å². The van der Waals surface area contributed by atoms with E-state index in [1.54, 1.807) is 7.11 Å². The lowest BCUT2D eigenvalue weighted by atomic mass is 10.1. The molecule has 1 fully saturated rings. The van der Waals surface area contributed by atoms with E-state index in [9.17, 15) is 0 Å². The Morgan fingerprint density at radius 1 is 1.00 bits per heavy atom. The predicted molar refractivity (Wildman–Crippen MR) is 113 cm³/mol. The van der Waals surface area contributed by atoms with Gasteiger partial charge in [0, 0.05) is 30.4 Å². The Morgan fingerprint density at radius 3 is 2.54 bits per heavy atom. The van der Waals surface area contributed by atoms with Gasteiger partial charge in [-0.2, -0.15) is 10.2 Å². The molecule has 0 aliphatic carbocycles. The summed E-state index contributed by atoms with van der Waals surface area (Å²) in [4.78, 5) is 0. The molecule has 0 saturated carbocycles. The summed E-state index contributed by atoms with van der Waals surface area (Å²) in [5.41, 5.74) is 4.10. The lowest BCUT2D eigenvalue weighted by Gasteiger charge is -2.23. The molecule has 4 rings (SSSR count). The minimum atomic E-state index is 0.723. The second-order valence-corrected chi connectivity index (χ2v) is 7.08. The summed E-state index contributed by atoms with van der Waals surface area (Å²) in [7, 11) is 1.70. The standard InChI is InChI=1S/C23H26N4O/c1-28-22-13-7-6-12-21(22)23-20(16-24-26-14-8-3-9-15-26)18-27(25-23)17-19-10-4-2-5-11-19/h2,4-7,10-13,16,18H,3,8-9,14-15,17H2,1H3/b24-16-. The van der Waals surface area contributed by atoms with E-state index >= 15 is 0 Å². The molecule has 0 amide bonds. The normalized spacial score (nSPS) is 14.5. The van der Waals surface area contributed by atoms with Crippen molar-refractivity contribution in [3.8, 4) is 17.0 Å². The predicted octanol–water partition coefficient (Wildman–Crippen LogP) is 4.43. The zero-order valence-corrected chi connectivity index (χ0v) is 16.3. The van der Waals surface area contributed by atoms with Crippen LogP contribution in [0.5, 0.6) is 5.75 Å². The molecule has 5 heteroatoms. The molecule has 0 radical (unpaired) electrons. The molecular weight excluding hydrogens is 348 g/mol. The van der Waals surface area contributed by atoms with Crippen LogP contribution in [0.4, 0.5) is 0 Å². The van der Waals surface area contributed by atoms with E-state index in [0.29, 0.717) is 0 Å². The summed E-state index contributed by atoms with van der Waals surface area (Å²) >= 11 is 0. The highest BCUT2D eigenvalue weighted by atomic mass is 16.5. The molecule has 5 nitrogen and oxygen atoms in total. The number of hydrogen-bond acceptors (Lipinski definition) is 4. The topological polar surface area (TPSA) is 42.6 Å². The molecule has 2 heterocycles. The first kappa shape index (κ1) is 18.3. The highest BCUT2D eigenvalue weighted by Gasteiger charge is 2.15. The number of ether oxygens (including phenoxy) is 1. The molecule has 0 atom stereocenters. The van der Waals surface area contributed by atoms with Crippen LogP contribution in [0, 0.1) is 0 Å². The van der Waals surface area contributed by atoms with Gasteiger partial charge in [0.25, 0.3) is 0 Å². The van der Waals surface area contributed by atoms with Gasteiger partial charge in [0.05, 0.1) is 19.9 Å². The van der Waals surface area contributed by atoms with Gasteiger partial charge in [-0.1, -0.05) is 42.5 Å². The van der Waals surface area contributed by atoms with Gasteiger partial charge in [-0.25, -0.2) is 0 Å². The molecule has 1 aromatic heterocycles. The van der Waals surface area contributed by atoms with E-state index < -0.39 is 0 Å². The van der Waals surface area contributed by atoms with Gasteiger partial charge < -0.3 is 4.74 Å². The van der Waals surface area contributed by atoms with Crippen LogP contribution in [0.15, 0.2) is 65.9 Å². The molecule has 0 spiro atoms. The molecule has 1 aliphatic heterocycles. The number of benzene rings is 2. The summed E-state index contributed by atoms with van der Waals surface area (Å²) in [6.45, 7) is 2.78. The molecule has 0 N–H and O–H groups in total. The SMILES string of the molecule is COc1ccccc1-c1nn(Cc2ccccc2)cc1/C=N\N1CCCCC1. The van der Waals surface area contributed by atoms with Crippen LogP contribution >= 0.6 is 0 Å². The number of piperidine rings is 1. The van der Waals surface area contributed by atoms with Crippen LogP contribution < -0.4 is 4.74 Å². The molecule has 0 unspecified atom stereocenters. The molecule has 28 heavy (non-hydrogen) atoms. The molecule has 1 saturated heterocycles. The quantitative estimate of drug-likeness (QED) is 0.600. The Bertz CT molecular complexity index is 927. The average molecular weight is 374 g/mol. The average Bonchev–Trinajstić information content (AvgIpc) is 3.16. The van der Waals surface area contributed by atoms with Crippen LogP contribution in [0.2, 0.25) is 0 Å². The van der Waals surface area contributed by atoms with Crippen molar-refractivity contribution in [1.82, 2.24) is 14.8 Å². The van der Waals surface area contributed by atoms with Crippen molar-refractivity contribution in [2.24, 2.45) is 5.10 Å². The van der Waals surface area contributed by atoms with E-state index in [2.05, 4.69) is 35.5 Å². The maximum atomic E-state index is 5.57. The third kappa shape index (κ3) is 4.25. The highest BCUT2D eigenvalue weighted by Crippen LogP contribution is 2.30. The number of hydrogen-bond donors (Lipinski definition) is 0. The fourth-order valence-corrected chi connectivity index (χ4v) is 3.57. The van der Waals surface area contributed by atoms with E-state index in [1.165, 1.54) is 24.8 Å². The van der Waals surface area contributed by atoms with Gasteiger partial charge in [0.2, 0.25) is 0 Å². The van der Waals surface area contributed by atoms with Crippen molar-refractivity contribution in [2.45, 2.75) is 25.8 Å².